The smallest absolute Gasteiger partial charge is 0.341 e. The van der Waals surface area contributed by atoms with Crippen LogP contribution in [0.5, 0.6) is 0 Å². The van der Waals surface area contributed by atoms with Gasteiger partial charge < -0.3 is 4.74 Å². The molecule has 0 aliphatic heterocycles. The molecule has 0 aromatic carbocycles. The Balaban J connectivity index is 2.96. The lowest BCUT2D eigenvalue weighted by atomic mass is 10.1. The largest absolute Gasteiger partial charge is 0.462 e. The molecule has 0 bridgehead atoms. The number of aromatic nitrogens is 2. The Kier molecular flexibility index (Phi) is 5.35. The summed E-state index contributed by atoms with van der Waals surface area (Å²) in [6.07, 6.45) is 2.27. The lowest BCUT2D eigenvalue weighted by molar-refractivity contribution is 0.0524. The van der Waals surface area contributed by atoms with Crippen LogP contribution < -0.4 is 0 Å². The molecule has 4 nitrogen and oxygen atoms in total. The van der Waals surface area contributed by atoms with Crippen molar-refractivity contribution >= 4 is 17.6 Å². The first-order valence-corrected chi connectivity index (χ1v) is 6.19. The van der Waals surface area contributed by atoms with E-state index in [1.807, 2.05) is 0 Å². The van der Waals surface area contributed by atoms with E-state index in [0.29, 0.717) is 29.6 Å². The molecule has 0 saturated heterocycles. The molecule has 0 spiro atoms. The van der Waals surface area contributed by atoms with Gasteiger partial charge in [-0.25, -0.2) is 14.8 Å². The number of esters is 1. The predicted molar refractivity (Wildman–Crippen MR) is 66.1 cm³/mol. The molecule has 17 heavy (non-hydrogen) atoms. The molecule has 0 saturated carbocycles. The van der Waals surface area contributed by atoms with Gasteiger partial charge in [-0.05, 0) is 12.8 Å². The average molecular weight is 257 g/mol. The maximum atomic E-state index is 11.6. The fraction of sp³-hybridized carbons (Fsp3) is 0.583. The Morgan fingerprint density at radius 1 is 1.53 bits per heavy atom. The molecule has 0 amide bonds. The number of ether oxygens (including phenoxy) is 1. The summed E-state index contributed by atoms with van der Waals surface area (Å²) < 4.78 is 4.91. The van der Waals surface area contributed by atoms with Gasteiger partial charge in [0.2, 0.25) is 0 Å². The summed E-state index contributed by atoms with van der Waals surface area (Å²) in [5, 5.41) is 0. The fourth-order valence-electron chi connectivity index (χ4n) is 1.40. The molecule has 1 aromatic heterocycles. The van der Waals surface area contributed by atoms with Crippen molar-refractivity contribution in [1.29, 1.82) is 0 Å². The molecule has 1 heterocycles. The highest BCUT2D eigenvalue weighted by molar-refractivity contribution is 6.17. The third kappa shape index (κ3) is 3.97. The van der Waals surface area contributed by atoms with E-state index in [9.17, 15) is 4.79 Å². The first-order valence-electron chi connectivity index (χ1n) is 5.66. The van der Waals surface area contributed by atoms with Crippen LogP contribution in [0.4, 0.5) is 0 Å². The van der Waals surface area contributed by atoms with Crippen LogP contribution in [0.15, 0.2) is 6.20 Å². The summed E-state index contributed by atoms with van der Waals surface area (Å²) in [5.74, 6) is 0.941. The van der Waals surface area contributed by atoms with Gasteiger partial charge in [0.25, 0.3) is 0 Å². The summed E-state index contributed by atoms with van der Waals surface area (Å²) >= 11 is 5.79. The van der Waals surface area contributed by atoms with Crippen molar-refractivity contribution in [2.45, 2.75) is 33.1 Å². The van der Waals surface area contributed by atoms with Crippen LogP contribution in [-0.4, -0.2) is 22.5 Å². The highest BCUT2D eigenvalue weighted by atomic mass is 35.5. The number of rotatable bonds is 5. The molecule has 94 valence electrons. The highest BCUT2D eigenvalue weighted by Gasteiger charge is 2.15. The van der Waals surface area contributed by atoms with Crippen molar-refractivity contribution in [1.82, 2.24) is 9.97 Å². The minimum Gasteiger partial charge on any atom is -0.462 e. The molecular formula is C12H17ClN2O2. The SMILES string of the molecule is CCOC(=O)c1cnc(CC(C)C)nc1CCl. The lowest BCUT2D eigenvalue weighted by Gasteiger charge is -2.08. The minimum absolute atomic E-state index is 0.182. The van der Waals surface area contributed by atoms with E-state index in [1.54, 1.807) is 6.92 Å². The molecule has 5 heteroatoms. The number of hydrogen-bond donors (Lipinski definition) is 0. The Hall–Kier alpha value is -1.16. The van der Waals surface area contributed by atoms with Crippen LogP contribution >= 0.6 is 11.6 Å². The minimum atomic E-state index is -0.417. The number of alkyl halides is 1. The van der Waals surface area contributed by atoms with E-state index in [2.05, 4.69) is 23.8 Å². The van der Waals surface area contributed by atoms with E-state index < -0.39 is 5.97 Å². The first kappa shape index (κ1) is 13.9. The second-order valence-corrected chi connectivity index (χ2v) is 4.37. The van der Waals surface area contributed by atoms with Crippen LogP contribution in [0.1, 0.15) is 42.6 Å². The molecular weight excluding hydrogens is 240 g/mol. The molecule has 0 aliphatic rings. The average Bonchev–Trinajstić information content (AvgIpc) is 2.28. The van der Waals surface area contributed by atoms with Crippen molar-refractivity contribution in [2.24, 2.45) is 5.92 Å². The zero-order valence-corrected chi connectivity index (χ0v) is 11.1. The quantitative estimate of drug-likeness (QED) is 0.600. The standard InChI is InChI=1S/C12H17ClN2O2/c1-4-17-12(16)9-7-14-11(5-8(2)3)15-10(9)6-13/h7-8H,4-6H2,1-3H3. The summed E-state index contributed by atoms with van der Waals surface area (Å²) in [5.41, 5.74) is 0.894. The van der Waals surface area contributed by atoms with Gasteiger partial charge in [-0.3, -0.25) is 0 Å². The van der Waals surface area contributed by atoms with E-state index >= 15 is 0 Å². The van der Waals surface area contributed by atoms with E-state index in [4.69, 9.17) is 16.3 Å². The number of hydrogen-bond acceptors (Lipinski definition) is 4. The molecule has 0 atom stereocenters. The normalized spacial score (nSPS) is 10.6. The molecule has 0 aliphatic carbocycles. The van der Waals surface area contributed by atoms with Gasteiger partial charge in [-0.1, -0.05) is 13.8 Å². The lowest BCUT2D eigenvalue weighted by Crippen LogP contribution is -2.12. The number of halogens is 1. The molecule has 0 fully saturated rings. The van der Waals surface area contributed by atoms with Crippen molar-refractivity contribution in [2.75, 3.05) is 6.61 Å². The summed E-state index contributed by atoms with van der Waals surface area (Å²) in [6.45, 7) is 6.26. The van der Waals surface area contributed by atoms with Gasteiger partial charge >= 0.3 is 5.97 Å². The topological polar surface area (TPSA) is 52.1 Å². The predicted octanol–water partition coefficient (Wildman–Crippen LogP) is 2.59. The second kappa shape index (κ2) is 6.55. The number of nitrogens with zero attached hydrogens (tertiary/aromatic N) is 2. The molecule has 0 N–H and O–H groups in total. The van der Waals surface area contributed by atoms with Gasteiger partial charge in [0.05, 0.1) is 18.2 Å². The van der Waals surface area contributed by atoms with E-state index in [0.717, 1.165) is 6.42 Å². The molecule has 1 rings (SSSR count). The Bertz CT molecular complexity index is 394. The summed E-state index contributed by atoms with van der Waals surface area (Å²) in [7, 11) is 0. The van der Waals surface area contributed by atoms with Crippen LogP contribution in [0.25, 0.3) is 0 Å². The second-order valence-electron chi connectivity index (χ2n) is 4.10. The van der Waals surface area contributed by atoms with Gasteiger partial charge in [0.1, 0.15) is 11.4 Å². The third-order valence-corrected chi connectivity index (χ3v) is 2.38. The third-order valence-electron chi connectivity index (χ3n) is 2.13. The summed E-state index contributed by atoms with van der Waals surface area (Å²) in [4.78, 5) is 20.0. The maximum Gasteiger partial charge on any atom is 0.341 e. The molecule has 0 unspecified atom stereocenters. The van der Waals surface area contributed by atoms with Gasteiger partial charge in [-0.15, -0.1) is 11.6 Å². The zero-order chi connectivity index (χ0) is 12.8. The number of carbonyl (C=O) groups excluding carboxylic acids is 1. The van der Waals surface area contributed by atoms with Crippen LogP contribution in [0, 0.1) is 5.92 Å². The fourth-order valence-corrected chi connectivity index (χ4v) is 1.61. The Labute approximate surface area is 106 Å². The highest BCUT2D eigenvalue weighted by Crippen LogP contribution is 2.12. The van der Waals surface area contributed by atoms with Gasteiger partial charge in [-0.2, -0.15) is 0 Å². The zero-order valence-electron chi connectivity index (χ0n) is 10.4. The van der Waals surface area contributed by atoms with Crippen molar-refractivity contribution < 1.29 is 9.53 Å². The number of carbonyl (C=O) groups is 1. The summed E-state index contributed by atoms with van der Waals surface area (Å²) in [6, 6.07) is 0. The van der Waals surface area contributed by atoms with Crippen LogP contribution in [-0.2, 0) is 17.0 Å². The van der Waals surface area contributed by atoms with Crippen molar-refractivity contribution in [3.63, 3.8) is 0 Å². The van der Waals surface area contributed by atoms with E-state index in [1.165, 1.54) is 6.20 Å². The monoisotopic (exact) mass is 256 g/mol. The van der Waals surface area contributed by atoms with Gasteiger partial charge in [0.15, 0.2) is 0 Å². The van der Waals surface area contributed by atoms with Crippen LogP contribution in [0.2, 0.25) is 0 Å². The van der Waals surface area contributed by atoms with Gasteiger partial charge in [0, 0.05) is 12.6 Å². The Morgan fingerprint density at radius 2 is 2.24 bits per heavy atom. The molecule has 1 aromatic rings. The first-order chi connectivity index (χ1) is 8.08. The Morgan fingerprint density at radius 3 is 2.76 bits per heavy atom. The van der Waals surface area contributed by atoms with Crippen molar-refractivity contribution in [3.8, 4) is 0 Å². The maximum absolute atomic E-state index is 11.6. The van der Waals surface area contributed by atoms with Crippen LogP contribution in [0.3, 0.4) is 0 Å². The molecule has 0 radical (unpaired) electrons. The van der Waals surface area contributed by atoms with E-state index in [-0.39, 0.29) is 5.88 Å². The van der Waals surface area contributed by atoms with Crippen molar-refractivity contribution in [3.05, 3.63) is 23.3 Å².